The van der Waals surface area contributed by atoms with E-state index in [0.29, 0.717) is 5.78 Å². The molecule has 0 aromatic heterocycles. The number of hydrogen-bond acceptors (Lipinski definition) is 1. The molecule has 2 rings (SSSR count). The lowest BCUT2D eigenvalue weighted by atomic mass is 9.71. The molecule has 1 nitrogen and oxygen atoms in total. The lowest BCUT2D eigenvalue weighted by molar-refractivity contribution is -0.118. The molecule has 2 aliphatic rings. The highest BCUT2D eigenvalue weighted by atomic mass is 16.1. The van der Waals surface area contributed by atoms with Crippen LogP contribution in [-0.2, 0) is 4.79 Å². The van der Waals surface area contributed by atoms with Crippen molar-refractivity contribution in [3.8, 4) is 0 Å². The Bertz CT molecular complexity index is 290. The van der Waals surface area contributed by atoms with Crippen LogP contribution in [0, 0.1) is 11.8 Å². The van der Waals surface area contributed by atoms with Crippen LogP contribution in [0.1, 0.15) is 64.7 Å². The van der Waals surface area contributed by atoms with Gasteiger partial charge in [-0.25, -0.2) is 0 Å². The maximum Gasteiger partial charge on any atom is 0.137 e. The summed E-state index contributed by atoms with van der Waals surface area (Å²) < 4.78 is 0. The topological polar surface area (TPSA) is 17.1 Å². The first kappa shape index (κ1) is 11.9. The summed E-state index contributed by atoms with van der Waals surface area (Å²) in [5, 5.41) is 0. The van der Waals surface area contributed by atoms with Crippen LogP contribution in [0.3, 0.4) is 0 Å². The second-order valence-electron chi connectivity index (χ2n) is 5.73. The number of allylic oxidation sites excluding steroid dienone is 2. The summed E-state index contributed by atoms with van der Waals surface area (Å²) >= 11 is 0. The van der Waals surface area contributed by atoms with Crippen LogP contribution < -0.4 is 0 Å². The third-order valence-corrected chi connectivity index (χ3v) is 4.08. The number of ketones is 1. The Morgan fingerprint density at radius 3 is 2.81 bits per heavy atom. The van der Waals surface area contributed by atoms with E-state index < -0.39 is 0 Å². The zero-order chi connectivity index (χ0) is 11.4. The zero-order valence-electron chi connectivity index (χ0n) is 10.4. The fourth-order valence-corrected chi connectivity index (χ4v) is 2.97. The molecule has 0 saturated heterocycles. The minimum atomic E-state index is 0.188. The summed E-state index contributed by atoms with van der Waals surface area (Å²) in [6, 6.07) is 0. The average Bonchev–Trinajstić information content (AvgIpc) is 2.28. The smallest absolute Gasteiger partial charge is 0.137 e. The highest BCUT2D eigenvalue weighted by Crippen LogP contribution is 2.39. The zero-order valence-corrected chi connectivity index (χ0v) is 10.4. The van der Waals surface area contributed by atoms with E-state index >= 15 is 0 Å². The first-order chi connectivity index (χ1) is 7.68. The summed E-state index contributed by atoms with van der Waals surface area (Å²) in [6.45, 7) is 2.26. The Labute approximate surface area is 99.3 Å². The van der Waals surface area contributed by atoms with Crippen LogP contribution >= 0.6 is 0 Å². The number of carbonyl (C=O) groups is 1. The van der Waals surface area contributed by atoms with E-state index in [1.807, 2.05) is 6.42 Å². The normalized spacial score (nSPS) is 31.3. The predicted octanol–water partition coefficient (Wildman–Crippen LogP) is 4.23. The first-order valence-corrected chi connectivity index (χ1v) is 6.75. The molecule has 1 radical (unpaired) electrons. The number of hydrogen-bond donors (Lipinski definition) is 0. The molecule has 89 valence electrons. The Kier molecular flexibility index (Phi) is 3.83. The summed E-state index contributed by atoms with van der Waals surface area (Å²) in [7, 11) is 0. The Morgan fingerprint density at radius 2 is 2.12 bits per heavy atom. The van der Waals surface area contributed by atoms with Gasteiger partial charge in [0.25, 0.3) is 0 Å². The second-order valence-corrected chi connectivity index (χ2v) is 5.73. The van der Waals surface area contributed by atoms with Crippen LogP contribution in [0.15, 0.2) is 11.6 Å². The minimum absolute atomic E-state index is 0.188. The van der Waals surface area contributed by atoms with Crippen LogP contribution in [0.5, 0.6) is 0 Å². The van der Waals surface area contributed by atoms with Gasteiger partial charge in [-0.05, 0) is 56.8 Å². The van der Waals surface area contributed by atoms with Crippen molar-refractivity contribution in [3.63, 3.8) is 0 Å². The number of rotatable bonds is 3. The predicted molar refractivity (Wildman–Crippen MR) is 67.1 cm³/mol. The summed E-state index contributed by atoms with van der Waals surface area (Å²) in [6.07, 6.45) is 15.2. The fraction of sp³-hybridized carbons (Fsp3) is 0.733. The van der Waals surface area contributed by atoms with Gasteiger partial charge in [0.15, 0.2) is 0 Å². The van der Waals surface area contributed by atoms with Gasteiger partial charge < -0.3 is 0 Å². The van der Waals surface area contributed by atoms with Crippen LogP contribution in [0.4, 0.5) is 0 Å². The van der Waals surface area contributed by atoms with Crippen molar-refractivity contribution < 1.29 is 4.79 Å². The van der Waals surface area contributed by atoms with Gasteiger partial charge in [0.05, 0.1) is 0 Å². The monoisotopic (exact) mass is 219 g/mol. The van der Waals surface area contributed by atoms with Crippen molar-refractivity contribution in [2.75, 3.05) is 0 Å². The highest BCUT2D eigenvalue weighted by Gasteiger charge is 2.31. The molecule has 1 heteroatoms. The summed E-state index contributed by atoms with van der Waals surface area (Å²) in [4.78, 5) is 11.5. The van der Waals surface area contributed by atoms with Gasteiger partial charge in [-0.1, -0.05) is 18.6 Å². The van der Waals surface area contributed by atoms with Crippen LogP contribution in [0.2, 0.25) is 0 Å². The van der Waals surface area contributed by atoms with E-state index in [-0.39, 0.29) is 5.41 Å². The van der Waals surface area contributed by atoms with Crippen LogP contribution in [-0.4, -0.2) is 5.78 Å². The molecule has 16 heavy (non-hydrogen) atoms. The van der Waals surface area contributed by atoms with Gasteiger partial charge >= 0.3 is 0 Å². The third-order valence-electron chi connectivity index (χ3n) is 4.08. The highest BCUT2D eigenvalue weighted by molar-refractivity contribution is 5.88. The van der Waals surface area contributed by atoms with Crippen molar-refractivity contribution >= 4 is 5.78 Å². The van der Waals surface area contributed by atoms with Crippen molar-refractivity contribution in [2.45, 2.75) is 64.7 Å². The molecule has 1 saturated carbocycles. The molecule has 0 aromatic carbocycles. The van der Waals surface area contributed by atoms with E-state index in [4.69, 9.17) is 0 Å². The van der Waals surface area contributed by atoms with Crippen molar-refractivity contribution in [1.82, 2.24) is 0 Å². The molecule has 1 unspecified atom stereocenters. The largest absolute Gasteiger partial charge is 0.299 e. The quantitative estimate of drug-likeness (QED) is 0.649. The van der Waals surface area contributed by atoms with Gasteiger partial charge in [-0.15, -0.1) is 0 Å². The fourth-order valence-electron chi connectivity index (χ4n) is 2.97. The lowest BCUT2D eigenvalue weighted by Gasteiger charge is -2.33. The Hall–Kier alpha value is -0.590. The molecule has 0 spiro atoms. The van der Waals surface area contributed by atoms with E-state index in [2.05, 4.69) is 13.0 Å². The second kappa shape index (κ2) is 5.16. The maximum absolute atomic E-state index is 11.5. The number of Topliss-reactive ketones (excluding diaryl/α,β-unsaturated/α-hetero) is 1. The minimum Gasteiger partial charge on any atom is -0.299 e. The van der Waals surface area contributed by atoms with E-state index in [0.717, 1.165) is 12.8 Å². The SMILES string of the molecule is CC1(CCC2=CCCCC2)[CH]C(=O)CCC1. The lowest BCUT2D eigenvalue weighted by Crippen LogP contribution is -2.26. The van der Waals surface area contributed by atoms with Gasteiger partial charge in [0.2, 0.25) is 0 Å². The molecular formula is C15H23O. The molecule has 2 aliphatic carbocycles. The van der Waals surface area contributed by atoms with Gasteiger partial charge in [-0.2, -0.15) is 0 Å². The Balaban J connectivity index is 1.83. The molecule has 0 aliphatic heterocycles. The van der Waals surface area contributed by atoms with Gasteiger partial charge in [-0.3, -0.25) is 4.79 Å². The molecule has 0 N–H and O–H groups in total. The molecule has 0 heterocycles. The molecule has 1 fully saturated rings. The summed E-state index contributed by atoms with van der Waals surface area (Å²) in [5.74, 6) is 0.367. The maximum atomic E-state index is 11.5. The standard InChI is InChI=1S/C15H23O/c1-15(10-5-8-14(16)12-15)11-9-13-6-3-2-4-7-13/h6,12H,2-5,7-11H2,1H3. The first-order valence-electron chi connectivity index (χ1n) is 6.75. The van der Waals surface area contributed by atoms with E-state index in [1.54, 1.807) is 5.57 Å². The summed E-state index contributed by atoms with van der Waals surface area (Å²) in [5.41, 5.74) is 1.83. The van der Waals surface area contributed by atoms with E-state index in [9.17, 15) is 4.79 Å². The van der Waals surface area contributed by atoms with Crippen molar-refractivity contribution in [2.24, 2.45) is 5.41 Å². The molecule has 0 amide bonds. The van der Waals surface area contributed by atoms with Crippen molar-refractivity contribution in [3.05, 3.63) is 18.1 Å². The van der Waals surface area contributed by atoms with E-state index in [1.165, 1.54) is 44.9 Å². The van der Waals surface area contributed by atoms with Crippen LogP contribution in [0.25, 0.3) is 0 Å². The molecule has 0 bridgehead atoms. The molecule has 1 atom stereocenters. The Morgan fingerprint density at radius 1 is 1.25 bits per heavy atom. The number of carbonyl (C=O) groups excluding carboxylic acids is 1. The molecule has 0 aromatic rings. The molecular weight excluding hydrogens is 196 g/mol. The third kappa shape index (κ3) is 3.20. The van der Waals surface area contributed by atoms with Gasteiger partial charge in [0.1, 0.15) is 5.78 Å². The van der Waals surface area contributed by atoms with Gasteiger partial charge in [0, 0.05) is 12.8 Å². The average molecular weight is 219 g/mol. The van der Waals surface area contributed by atoms with Crippen molar-refractivity contribution in [1.29, 1.82) is 0 Å².